The molecule has 1 saturated heterocycles. The summed E-state index contributed by atoms with van der Waals surface area (Å²) in [5.41, 5.74) is 1.40. The average Bonchev–Trinajstić information content (AvgIpc) is 2.49. The highest BCUT2D eigenvalue weighted by Gasteiger charge is 2.22. The maximum atomic E-state index is 11.6. The number of hydrogen-bond acceptors (Lipinski definition) is 4. The van der Waals surface area contributed by atoms with Crippen LogP contribution in [0, 0.1) is 0 Å². The highest BCUT2D eigenvalue weighted by Crippen LogP contribution is 2.24. The van der Waals surface area contributed by atoms with Crippen molar-refractivity contribution in [2.75, 3.05) is 20.3 Å². The van der Waals surface area contributed by atoms with E-state index in [1.165, 1.54) is 7.11 Å². The molecule has 5 heteroatoms. The van der Waals surface area contributed by atoms with Crippen molar-refractivity contribution in [2.45, 2.75) is 31.8 Å². The SMILES string of the molecule is COC(=O)c1ccc(Cl)c(CN2CCCC[C@@H]2CO)c1. The van der Waals surface area contributed by atoms with Crippen LogP contribution in [0.1, 0.15) is 35.2 Å². The van der Waals surface area contributed by atoms with Gasteiger partial charge in [-0.05, 0) is 43.1 Å². The average molecular weight is 298 g/mol. The van der Waals surface area contributed by atoms with Gasteiger partial charge in [0.25, 0.3) is 0 Å². The number of likely N-dealkylation sites (tertiary alicyclic amines) is 1. The highest BCUT2D eigenvalue weighted by molar-refractivity contribution is 6.31. The summed E-state index contributed by atoms with van der Waals surface area (Å²) >= 11 is 6.21. The molecule has 1 atom stereocenters. The summed E-state index contributed by atoms with van der Waals surface area (Å²) in [6.45, 7) is 1.76. The van der Waals surface area contributed by atoms with Gasteiger partial charge in [0.05, 0.1) is 19.3 Å². The van der Waals surface area contributed by atoms with Crippen molar-refractivity contribution in [3.8, 4) is 0 Å². The molecule has 1 aliphatic rings. The molecule has 0 saturated carbocycles. The Balaban J connectivity index is 2.17. The Labute approximate surface area is 124 Å². The minimum absolute atomic E-state index is 0.161. The third kappa shape index (κ3) is 3.51. The van der Waals surface area contributed by atoms with Gasteiger partial charge in [-0.15, -0.1) is 0 Å². The predicted molar refractivity (Wildman–Crippen MR) is 77.9 cm³/mol. The minimum atomic E-state index is -0.361. The van der Waals surface area contributed by atoms with Crippen LogP contribution in [0.25, 0.3) is 0 Å². The van der Waals surface area contributed by atoms with Crippen molar-refractivity contribution >= 4 is 17.6 Å². The lowest BCUT2D eigenvalue weighted by Gasteiger charge is -2.34. The Bertz CT molecular complexity index is 478. The lowest BCUT2D eigenvalue weighted by atomic mass is 10.0. The molecule has 1 heterocycles. The number of benzene rings is 1. The molecule has 0 aliphatic carbocycles. The number of carbonyl (C=O) groups is 1. The number of piperidine rings is 1. The Morgan fingerprint density at radius 3 is 3.00 bits per heavy atom. The van der Waals surface area contributed by atoms with Gasteiger partial charge in [0, 0.05) is 17.6 Å². The molecule has 1 aromatic carbocycles. The van der Waals surface area contributed by atoms with E-state index in [2.05, 4.69) is 4.90 Å². The number of methoxy groups -OCH3 is 1. The summed E-state index contributed by atoms with van der Waals surface area (Å²) in [5, 5.41) is 10.1. The van der Waals surface area contributed by atoms with E-state index in [0.717, 1.165) is 31.4 Å². The van der Waals surface area contributed by atoms with Crippen LogP contribution in [-0.2, 0) is 11.3 Å². The second kappa shape index (κ2) is 7.07. The highest BCUT2D eigenvalue weighted by atomic mass is 35.5. The molecule has 0 bridgehead atoms. The second-order valence-electron chi connectivity index (χ2n) is 5.10. The van der Waals surface area contributed by atoms with Crippen LogP contribution in [0.15, 0.2) is 18.2 Å². The van der Waals surface area contributed by atoms with E-state index >= 15 is 0 Å². The summed E-state index contributed by atoms with van der Waals surface area (Å²) in [6.07, 6.45) is 3.29. The van der Waals surface area contributed by atoms with Gasteiger partial charge in [-0.25, -0.2) is 4.79 Å². The normalized spacial score (nSPS) is 19.9. The Morgan fingerprint density at radius 2 is 2.30 bits per heavy atom. The Kier molecular flexibility index (Phi) is 5.40. The van der Waals surface area contributed by atoms with Crippen molar-refractivity contribution in [3.05, 3.63) is 34.3 Å². The number of aliphatic hydroxyl groups excluding tert-OH is 1. The molecule has 2 rings (SSSR count). The smallest absolute Gasteiger partial charge is 0.337 e. The third-order valence-corrected chi connectivity index (χ3v) is 4.17. The first kappa shape index (κ1) is 15.3. The number of aliphatic hydroxyl groups is 1. The summed E-state index contributed by atoms with van der Waals surface area (Å²) < 4.78 is 4.73. The van der Waals surface area contributed by atoms with Crippen LogP contribution in [-0.4, -0.2) is 42.3 Å². The third-order valence-electron chi connectivity index (χ3n) is 3.80. The van der Waals surface area contributed by atoms with E-state index in [9.17, 15) is 9.90 Å². The minimum Gasteiger partial charge on any atom is -0.465 e. The fourth-order valence-electron chi connectivity index (χ4n) is 2.63. The number of rotatable bonds is 4. The van der Waals surface area contributed by atoms with Gasteiger partial charge in [0.15, 0.2) is 0 Å². The molecule has 0 unspecified atom stereocenters. The maximum absolute atomic E-state index is 11.6. The van der Waals surface area contributed by atoms with Crippen LogP contribution >= 0.6 is 11.6 Å². The molecule has 1 aliphatic heterocycles. The molecule has 20 heavy (non-hydrogen) atoms. The summed E-state index contributed by atoms with van der Waals surface area (Å²) in [4.78, 5) is 13.8. The number of ether oxygens (including phenoxy) is 1. The van der Waals surface area contributed by atoms with Gasteiger partial charge in [-0.1, -0.05) is 18.0 Å². The van der Waals surface area contributed by atoms with E-state index < -0.39 is 0 Å². The molecular weight excluding hydrogens is 278 g/mol. The van der Waals surface area contributed by atoms with Crippen molar-refractivity contribution in [1.82, 2.24) is 4.90 Å². The number of hydrogen-bond donors (Lipinski definition) is 1. The van der Waals surface area contributed by atoms with Crippen LogP contribution in [0.4, 0.5) is 0 Å². The van der Waals surface area contributed by atoms with Gasteiger partial charge >= 0.3 is 5.97 Å². The zero-order chi connectivity index (χ0) is 14.5. The summed E-state index contributed by atoms with van der Waals surface area (Å²) in [6, 6.07) is 5.34. The quantitative estimate of drug-likeness (QED) is 0.868. The molecule has 1 aromatic rings. The van der Waals surface area contributed by atoms with E-state index in [1.807, 2.05) is 0 Å². The Hall–Kier alpha value is -1.10. The molecule has 0 spiro atoms. The Morgan fingerprint density at radius 1 is 1.50 bits per heavy atom. The zero-order valence-electron chi connectivity index (χ0n) is 11.6. The monoisotopic (exact) mass is 297 g/mol. The first-order valence-corrected chi connectivity index (χ1v) is 7.25. The molecule has 110 valence electrons. The topological polar surface area (TPSA) is 49.8 Å². The van der Waals surface area contributed by atoms with Crippen LogP contribution in [0.3, 0.4) is 0 Å². The standard InChI is InChI=1S/C15H20ClNO3/c1-20-15(19)11-5-6-14(16)12(8-11)9-17-7-3-2-4-13(17)10-18/h5-6,8,13,18H,2-4,7,9-10H2,1H3/t13-/m1/s1. The number of carbonyl (C=O) groups excluding carboxylic acids is 1. The van der Waals surface area contributed by atoms with Crippen LogP contribution < -0.4 is 0 Å². The number of halogens is 1. The number of esters is 1. The molecule has 0 amide bonds. The van der Waals surface area contributed by atoms with E-state index in [4.69, 9.17) is 16.3 Å². The van der Waals surface area contributed by atoms with Gasteiger partial charge < -0.3 is 9.84 Å². The predicted octanol–water partition coefficient (Wildman–Crippen LogP) is 2.47. The van der Waals surface area contributed by atoms with E-state index in [1.54, 1.807) is 18.2 Å². The molecule has 0 radical (unpaired) electrons. The molecule has 1 fully saturated rings. The first-order chi connectivity index (χ1) is 9.65. The van der Waals surface area contributed by atoms with E-state index in [0.29, 0.717) is 17.1 Å². The van der Waals surface area contributed by atoms with Crippen molar-refractivity contribution in [2.24, 2.45) is 0 Å². The second-order valence-corrected chi connectivity index (χ2v) is 5.51. The van der Waals surface area contributed by atoms with Crippen LogP contribution in [0.5, 0.6) is 0 Å². The first-order valence-electron chi connectivity index (χ1n) is 6.87. The lowest BCUT2D eigenvalue weighted by Crippen LogP contribution is -2.41. The van der Waals surface area contributed by atoms with Gasteiger partial charge in [0.2, 0.25) is 0 Å². The molecule has 1 N–H and O–H groups in total. The van der Waals surface area contributed by atoms with Crippen molar-refractivity contribution in [1.29, 1.82) is 0 Å². The molecular formula is C15H20ClNO3. The largest absolute Gasteiger partial charge is 0.465 e. The summed E-state index contributed by atoms with van der Waals surface area (Å²) in [7, 11) is 1.36. The van der Waals surface area contributed by atoms with Gasteiger partial charge in [0.1, 0.15) is 0 Å². The van der Waals surface area contributed by atoms with Gasteiger partial charge in [-0.3, -0.25) is 4.90 Å². The van der Waals surface area contributed by atoms with Crippen LogP contribution in [0.2, 0.25) is 5.02 Å². The lowest BCUT2D eigenvalue weighted by molar-refractivity contribution is 0.0600. The fraction of sp³-hybridized carbons (Fsp3) is 0.533. The molecule has 0 aromatic heterocycles. The maximum Gasteiger partial charge on any atom is 0.337 e. The van der Waals surface area contributed by atoms with Crippen molar-refractivity contribution < 1.29 is 14.6 Å². The fourth-order valence-corrected chi connectivity index (χ4v) is 2.81. The molecule has 4 nitrogen and oxygen atoms in total. The van der Waals surface area contributed by atoms with Gasteiger partial charge in [-0.2, -0.15) is 0 Å². The number of nitrogens with zero attached hydrogens (tertiary/aromatic N) is 1. The van der Waals surface area contributed by atoms with Crippen molar-refractivity contribution in [3.63, 3.8) is 0 Å². The summed E-state index contributed by atoms with van der Waals surface area (Å²) in [5.74, 6) is -0.361. The van der Waals surface area contributed by atoms with E-state index in [-0.39, 0.29) is 18.6 Å². The zero-order valence-corrected chi connectivity index (χ0v) is 12.4.